The molecule has 1 N–H and O–H groups in total. The van der Waals surface area contributed by atoms with Crippen LogP contribution in [0.2, 0.25) is 0 Å². The van der Waals surface area contributed by atoms with Crippen LogP contribution in [0.5, 0.6) is 0 Å². The molecule has 0 amide bonds. The number of rotatable bonds is 3. The van der Waals surface area contributed by atoms with Crippen LogP contribution in [0.4, 0.5) is 5.69 Å². The maximum Gasteiger partial charge on any atom is 0.263 e. The molecule has 2 rings (SSSR count). The Morgan fingerprint density at radius 1 is 1.00 bits per heavy atom. The van der Waals surface area contributed by atoms with E-state index in [4.69, 9.17) is 5.26 Å². The minimum Gasteiger partial charge on any atom is -0.279 e. The molecule has 0 fully saturated rings. The van der Waals surface area contributed by atoms with E-state index in [9.17, 15) is 8.42 Å². The third-order valence-corrected chi connectivity index (χ3v) is 4.42. The molecule has 5 heteroatoms. The molecule has 0 aliphatic rings. The van der Waals surface area contributed by atoms with Crippen molar-refractivity contribution < 1.29 is 8.42 Å². The van der Waals surface area contributed by atoms with Crippen LogP contribution in [0.15, 0.2) is 47.4 Å². The SMILES string of the molecule is Cc1cccc(C)c1NS(=O)(=O)c1ccccc1C#N. The van der Waals surface area contributed by atoms with Crippen LogP contribution in [0.3, 0.4) is 0 Å². The van der Waals surface area contributed by atoms with Crippen molar-refractivity contribution >= 4 is 15.7 Å². The molecule has 0 atom stereocenters. The van der Waals surface area contributed by atoms with Crippen molar-refractivity contribution in [1.82, 2.24) is 0 Å². The summed E-state index contributed by atoms with van der Waals surface area (Å²) in [4.78, 5) is -0.00912. The lowest BCUT2D eigenvalue weighted by Crippen LogP contribution is -2.15. The van der Waals surface area contributed by atoms with Gasteiger partial charge in [-0.05, 0) is 37.1 Å². The van der Waals surface area contributed by atoms with Gasteiger partial charge in [0, 0.05) is 0 Å². The summed E-state index contributed by atoms with van der Waals surface area (Å²) in [6, 6.07) is 13.6. The molecule has 0 unspecified atom stereocenters. The van der Waals surface area contributed by atoms with Crippen LogP contribution in [-0.4, -0.2) is 8.42 Å². The summed E-state index contributed by atoms with van der Waals surface area (Å²) in [5.41, 5.74) is 2.36. The first kappa shape index (κ1) is 14.1. The van der Waals surface area contributed by atoms with Crippen molar-refractivity contribution in [2.45, 2.75) is 18.7 Å². The summed E-state index contributed by atoms with van der Waals surface area (Å²) in [5, 5.41) is 9.01. The second-order valence-electron chi connectivity index (χ2n) is 4.48. The molecule has 102 valence electrons. The van der Waals surface area contributed by atoms with Gasteiger partial charge in [-0.25, -0.2) is 8.42 Å². The van der Waals surface area contributed by atoms with E-state index >= 15 is 0 Å². The molecule has 0 aromatic heterocycles. The molecule has 0 saturated heterocycles. The second-order valence-corrected chi connectivity index (χ2v) is 6.13. The van der Waals surface area contributed by atoms with Gasteiger partial charge in [0.25, 0.3) is 10.0 Å². The lowest BCUT2D eigenvalue weighted by Gasteiger charge is -2.13. The van der Waals surface area contributed by atoms with Gasteiger partial charge in [-0.15, -0.1) is 0 Å². The first-order chi connectivity index (χ1) is 9.45. The summed E-state index contributed by atoms with van der Waals surface area (Å²) >= 11 is 0. The summed E-state index contributed by atoms with van der Waals surface area (Å²) in [7, 11) is -3.77. The van der Waals surface area contributed by atoms with Crippen molar-refractivity contribution in [2.75, 3.05) is 4.72 Å². The fourth-order valence-electron chi connectivity index (χ4n) is 1.96. The van der Waals surface area contributed by atoms with E-state index < -0.39 is 10.0 Å². The lowest BCUT2D eigenvalue weighted by molar-refractivity contribution is 0.601. The van der Waals surface area contributed by atoms with Crippen molar-refractivity contribution in [3.8, 4) is 6.07 Å². The average Bonchev–Trinajstić information content (AvgIpc) is 2.43. The zero-order chi connectivity index (χ0) is 14.8. The lowest BCUT2D eigenvalue weighted by atomic mass is 10.1. The molecule has 0 aliphatic heterocycles. The highest BCUT2D eigenvalue weighted by atomic mass is 32.2. The van der Waals surface area contributed by atoms with Crippen molar-refractivity contribution in [3.05, 3.63) is 59.2 Å². The minimum absolute atomic E-state index is 0.00912. The first-order valence-electron chi connectivity index (χ1n) is 6.04. The van der Waals surface area contributed by atoms with Crippen LogP contribution in [0.25, 0.3) is 0 Å². The first-order valence-corrected chi connectivity index (χ1v) is 7.52. The maximum absolute atomic E-state index is 12.4. The Hall–Kier alpha value is -2.32. The topological polar surface area (TPSA) is 70.0 Å². The molecule has 4 nitrogen and oxygen atoms in total. The third-order valence-electron chi connectivity index (χ3n) is 3.01. The Morgan fingerprint density at radius 3 is 2.20 bits per heavy atom. The Bertz CT molecular complexity index is 770. The van der Waals surface area contributed by atoms with Gasteiger partial charge in [-0.3, -0.25) is 4.72 Å². The summed E-state index contributed by atoms with van der Waals surface area (Å²) < 4.78 is 27.4. The molecule has 20 heavy (non-hydrogen) atoms. The Labute approximate surface area is 118 Å². The van der Waals surface area contributed by atoms with Gasteiger partial charge in [-0.1, -0.05) is 30.3 Å². The number of anilines is 1. The fraction of sp³-hybridized carbons (Fsp3) is 0.133. The van der Waals surface area contributed by atoms with E-state index in [1.165, 1.54) is 12.1 Å². The number of nitrogens with one attached hydrogen (secondary N) is 1. The highest BCUT2D eigenvalue weighted by molar-refractivity contribution is 7.92. The standard InChI is InChI=1S/C15H14N2O2S/c1-11-6-5-7-12(2)15(11)17-20(18,19)14-9-4-3-8-13(14)10-16/h3-9,17H,1-2H3. The molecule has 0 saturated carbocycles. The fourth-order valence-corrected chi connectivity index (χ4v) is 3.32. The predicted molar refractivity (Wildman–Crippen MR) is 77.9 cm³/mol. The van der Waals surface area contributed by atoms with Crippen molar-refractivity contribution in [2.24, 2.45) is 0 Å². The van der Waals surface area contributed by atoms with Crippen LogP contribution in [-0.2, 0) is 10.0 Å². The average molecular weight is 286 g/mol. The molecule has 2 aromatic rings. The molecule has 0 heterocycles. The van der Waals surface area contributed by atoms with E-state index in [1.54, 1.807) is 12.1 Å². The van der Waals surface area contributed by atoms with Crippen molar-refractivity contribution in [3.63, 3.8) is 0 Å². The second kappa shape index (κ2) is 5.35. The number of sulfonamides is 1. The zero-order valence-corrected chi connectivity index (χ0v) is 12.0. The molecular weight excluding hydrogens is 272 g/mol. The quantitative estimate of drug-likeness (QED) is 0.943. The number of hydrogen-bond donors (Lipinski definition) is 1. The smallest absolute Gasteiger partial charge is 0.263 e. The molecule has 2 aromatic carbocycles. The van der Waals surface area contributed by atoms with E-state index in [-0.39, 0.29) is 10.5 Å². The highest BCUT2D eigenvalue weighted by Crippen LogP contribution is 2.24. The van der Waals surface area contributed by atoms with Crippen LogP contribution in [0, 0.1) is 25.2 Å². The molecule has 0 spiro atoms. The summed E-state index contributed by atoms with van der Waals surface area (Å²) in [6.07, 6.45) is 0. The van der Waals surface area contributed by atoms with E-state index in [0.29, 0.717) is 5.69 Å². The number of hydrogen-bond acceptors (Lipinski definition) is 3. The number of nitriles is 1. The molecule has 0 bridgehead atoms. The van der Waals surface area contributed by atoms with Crippen LogP contribution in [0.1, 0.15) is 16.7 Å². The monoisotopic (exact) mass is 286 g/mol. The maximum atomic E-state index is 12.4. The van der Waals surface area contributed by atoms with Crippen LogP contribution < -0.4 is 4.72 Å². The minimum atomic E-state index is -3.77. The normalized spacial score (nSPS) is 10.8. The van der Waals surface area contributed by atoms with Crippen LogP contribution >= 0.6 is 0 Å². The van der Waals surface area contributed by atoms with Gasteiger partial charge in [0.05, 0.1) is 11.3 Å². The summed E-state index contributed by atoms with van der Waals surface area (Å²) in [6.45, 7) is 3.67. The van der Waals surface area contributed by atoms with Gasteiger partial charge in [0.15, 0.2) is 0 Å². The zero-order valence-electron chi connectivity index (χ0n) is 11.2. The van der Waals surface area contributed by atoms with Gasteiger partial charge >= 0.3 is 0 Å². The van der Waals surface area contributed by atoms with E-state index in [0.717, 1.165) is 11.1 Å². The van der Waals surface area contributed by atoms with E-state index in [1.807, 2.05) is 38.1 Å². The summed E-state index contributed by atoms with van der Waals surface area (Å²) in [5.74, 6) is 0. The molecule has 0 radical (unpaired) electrons. The Balaban J connectivity index is 2.50. The number of aryl methyl sites for hydroxylation is 2. The Morgan fingerprint density at radius 2 is 1.60 bits per heavy atom. The predicted octanol–water partition coefficient (Wildman–Crippen LogP) is 2.98. The number of nitrogens with zero attached hydrogens (tertiary/aromatic N) is 1. The van der Waals surface area contributed by atoms with Gasteiger partial charge in [0.2, 0.25) is 0 Å². The van der Waals surface area contributed by atoms with Gasteiger partial charge in [-0.2, -0.15) is 5.26 Å². The van der Waals surface area contributed by atoms with E-state index in [2.05, 4.69) is 4.72 Å². The number of benzene rings is 2. The molecular formula is C15H14N2O2S. The van der Waals surface area contributed by atoms with Crippen molar-refractivity contribution in [1.29, 1.82) is 5.26 Å². The number of para-hydroxylation sites is 1. The third kappa shape index (κ3) is 2.65. The highest BCUT2D eigenvalue weighted by Gasteiger charge is 2.19. The molecule has 0 aliphatic carbocycles. The van der Waals surface area contributed by atoms with Gasteiger partial charge in [0.1, 0.15) is 11.0 Å². The largest absolute Gasteiger partial charge is 0.279 e. The Kier molecular flexibility index (Phi) is 3.77. The van der Waals surface area contributed by atoms with Gasteiger partial charge < -0.3 is 0 Å².